The third kappa shape index (κ3) is 3.87. The maximum absolute atomic E-state index is 12.1. The molecule has 122 valence electrons. The highest BCUT2D eigenvalue weighted by Crippen LogP contribution is 2.39. The van der Waals surface area contributed by atoms with Crippen LogP contribution in [0.1, 0.15) is 43.1 Å². The summed E-state index contributed by atoms with van der Waals surface area (Å²) in [5, 5.41) is 12.8. The average Bonchev–Trinajstić information content (AvgIpc) is 3.29. The molecule has 1 fully saturated rings. The Kier molecular flexibility index (Phi) is 4.92. The molecule has 0 spiro atoms. The molecule has 23 heavy (non-hydrogen) atoms. The van der Waals surface area contributed by atoms with Gasteiger partial charge in [-0.15, -0.1) is 10.2 Å². The predicted octanol–water partition coefficient (Wildman–Crippen LogP) is 3.32. The first-order valence-corrected chi connectivity index (χ1v) is 8.98. The Morgan fingerprint density at radius 2 is 2.17 bits per heavy atom. The Bertz CT molecular complexity index is 714. The van der Waals surface area contributed by atoms with E-state index in [-0.39, 0.29) is 11.9 Å². The van der Waals surface area contributed by atoms with Gasteiger partial charge in [-0.3, -0.25) is 4.79 Å². The number of nitrogens with zero attached hydrogens (tertiary/aromatic N) is 3. The van der Waals surface area contributed by atoms with Crippen LogP contribution in [0.5, 0.6) is 0 Å². The van der Waals surface area contributed by atoms with Crippen LogP contribution >= 0.6 is 23.4 Å². The Balaban J connectivity index is 1.54. The molecule has 0 aliphatic heterocycles. The van der Waals surface area contributed by atoms with Gasteiger partial charge in [0, 0.05) is 18.0 Å². The summed E-state index contributed by atoms with van der Waals surface area (Å²) in [6.45, 7) is 1.93. The number of nitrogens with one attached hydrogen (secondary N) is 1. The van der Waals surface area contributed by atoms with Crippen molar-refractivity contribution in [3.05, 3.63) is 40.7 Å². The molecule has 5 nitrogen and oxygen atoms in total. The van der Waals surface area contributed by atoms with Crippen molar-refractivity contribution in [3.8, 4) is 0 Å². The standard InChI is InChI=1S/C16H19ClN4OS/c1-10(12-5-3-4-6-13(12)17)18-14(22)9-23-16-20-19-15(21(16)2)11-7-8-11/h3-6,10-11H,7-9H2,1-2H3,(H,18,22)/t10-/m1/s1. The van der Waals surface area contributed by atoms with Crippen LogP contribution in [0.2, 0.25) is 5.02 Å². The molecule has 1 heterocycles. The van der Waals surface area contributed by atoms with E-state index < -0.39 is 0 Å². The van der Waals surface area contributed by atoms with E-state index in [1.165, 1.54) is 24.6 Å². The van der Waals surface area contributed by atoms with Crippen LogP contribution in [-0.2, 0) is 11.8 Å². The lowest BCUT2D eigenvalue weighted by molar-refractivity contribution is -0.119. The van der Waals surface area contributed by atoms with Crippen LogP contribution in [0, 0.1) is 0 Å². The fourth-order valence-electron chi connectivity index (χ4n) is 2.47. The highest BCUT2D eigenvalue weighted by atomic mass is 35.5. The molecule has 1 N–H and O–H groups in total. The normalized spacial score (nSPS) is 15.4. The second-order valence-corrected chi connectivity index (χ2v) is 7.12. The summed E-state index contributed by atoms with van der Waals surface area (Å²) < 4.78 is 1.99. The summed E-state index contributed by atoms with van der Waals surface area (Å²) in [7, 11) is 1.96. The minimum atomic E-state index is -0.127. The van der Waals surface area contributed by atoms with Crippen LogP contribution < -0.4 is 5.32 Å². The van der Waals surface area contributed by atoms with Crippen molar-refractivity contribution < 1.29 is 4.79 Å². The largest absolute Gasteiger partial charge is 0.349 e. The monoisotopic (exact) mass is 350 g/mol. The Labute approximate surface area is 144 Å². The number of halogens is 1. The minimum Gasteiger partial charge on any atom is -0.349 e. The van der Waals surface area contributed by atoms with Crippen LogP contribution in [-0.4, -0.2) is 26.4 Å². The predicted molar refractivity (Wildman–Crippen MR) is 91.7 cm³/mol. The van der Waals surface area contributed by atoms with E-state index in [1.807, 2.05) is 42.8 Å². The molecule has 7 heteroatoms. The smallest absolute Gasteiger partial charge is 0.230 e. The highest BCUT2D eigenvalue weighted by molar-refractivity contribution is 7.99. The molecule has 2 aromatic rings. The van der Waals surface area contributed by atoms with Crippen LogP contribution in [0.4, 0.5) is 0 Å². The molecule has 1 saturated carbocycles. The lowest BCUT2D eigenvalue weighted by Gasteiger charge is -2.15. The van der Waals surface area contributed by atoms with E-state index in [4.69, 9.17) is 11.6 Å². The van der Waals surface area contributed by atoms with Gasteiger partial charge in [0.25, 0.3) is 0 Å². The van der Waals surface area contributed by atoms with Crippen molar-refractivity contribution in [1.29, 1.82) is 0 Å². The molecule has 1 atom stereocenters. The zero-order chi connectivity index (χ0) is 16.4. The molecule has 1 amide bonds. The van der Waals surface area contributed by atoms with Crippen LogP contribution in [0.15, 0.2) is 29.4 Å². The van der Waals surface area contributed by atoms with Gasteiger partial charge in [-0.2, -0.15) is 0 Å². The summed E-state index contributed by atoms with van der Waals surface area (Å²) in [6, 6.07) is 7.41. The van der Waals surface area contributed by atoms with E-state index in [1.54, 1.807) is 0 Å². The molecule has 1 aliphatic rings. The summed E-state index contributed by atoms with van der Waals surface area (Å²) >= 11 is 7.56. The van der Waals surface area contributed by atoms with E-state index in [0.717, 1.165) is 16.5 Å². The Hall–Kier alpha value is -1.53. The van der Waals surface area contributed by atoms with E-state index in [9.17, 15) is 4.79 Å². The molecule has 0 radical (unpaired) electrons. The number of carbonyl (C=O) groups excluding carboxylic acids is 1. The average molecular weight is 351 g/mol. The first-order valence-electron chi connectivity index (χ1n) is 7.62. The molecule has 1 aliphatic carbocycles. The molecule has 0 bridgehead atoms. The maximum atomic E-state index is 12.1. The number of rotatable bonds is 6. The highest BCUT2D eigenvalue weighted by Gasteiger charge is 2.29. The number of hydrogen-bond acceptors (Lipinski definition) is 4. The lowest BCUT2D eigenvalue weighted by Crippen LogP contribution is -2.28. The van der Waals surface area contributed by atoms with Gasteiger partial charge in [-0.25, -0.2) is 0 Å². The Morgan fingerprint density at radius 3 is 2.87 bits per heavy atom. The number of hydrogen-bond donors (Lipinski definition) is 1. The Morgan fingerprint density at radius 1 is 1.43 bits per heavy atom. The van der Waals surface area contributed by atoms with E-state index in [0.29, 0.717) is 16.7 Å². The fourth-order valence-corrected chi connectivity index (χ4v) is 3.49. The van der Waals surface area contributed by atoms with Crippen molar-refractivity contribution in [2.24, 2.45) is 7.05 Å². The van der Waals surface area contributed by atoms with Crippen molar-refractivity contribution in [2.45, 2.75) is 36.9 Å². The SMILES string of the molecule is C[C@@H](NC(=O)CSc1nnc(C2CC2)n1C)c1ccccc1Cl. The lowest BCUT2D eigenvalue weighted by atomic mass is 10.1. The minimum absolute atomic E-state index is 0.0432. The molecule has 1 aromatic heterocycles. The molecule has 3 rings (SSSR count). The second-order valence-electron chi connectivity index (χ2n) is 5.77. The van der Waals surface area contributed by atoms with Gasteiger partial charge < -0.3 is 9.88 Å². The quantitative estimate of drug-likeness (QED) is 0.812. The van der Waals surface area contributed by atoms with Gasteiger partial charge in [0.05, 0.1) is 11.8 Å². The summed E-state index contributed by atoms with van der Waals surface area (Å²) in [6.07, 6.45) is 2.37. The molecule has 0 saturated heterocycles. The molecular weight excluding hydrogens is 332 g/mol. The van der Waals surface area contributed by atoms with Crippen molar-refractivity contribution in [2.75, 3.05) is 5.75 Å². The molecule has 0 unspecified atom stereocenters. The van der Waals surface area contributed by atoms with Crippen LogP contribution in [0.3, 0.4) is 0 Å². The number of carbonyl (C=O) groups is 1. The topological polar surface area (TPSA) is 59.8 Å². The van der Waals surface area contributed by atoms with Crippen molar-refractivity contribution >= 4 is 29.3 Å². The van der Waals surface area contributed by atoms with Gasteiger partial charge in [0.15, 0.2) is 5.16 Å². The summed E-state index contributed by atoms with van der Waals surface area (Å²) in [5.74, 6) is 1.84. The fraction of sp³-hybridized carbons (Fsp3) is 0.438. The van der Waals surface area contributed by atoms with Gasteiger partial charge in [-0.1, -0.05) is 41.6 Å². The van der Waals surface area contributed by atoms with Gasteiger partial charge in [0.2, 0.25) is 5.91 Å². The third-order valence-corrected chi connectivity index (χ3v) is 5.26. The van der Waals surface area contributed by atoms with E-state index >= 15 is 0 Å². The van der Waals surface area contributed by atoms with Crippen molar-refractivity contribution in [1.82, 2.24) is 20.1 Å². The molecular formula is C16H19ClN4OS. The van der Waals surface area contributed by atoms with Gasteiger partial charge in [0.1, 0.15) is 5.82 Å². The number of aromatic nitrogens is 3. The number of amides is 1. The first kappa shape index (κ1) is 16.3. The summed E-state index contributed by atoms with van der Waals surface area (Å²) in [4.78, 5) is 12.1. The first-order chi connectivity index (χ1) is 11.1. The van der Waals surface area contributed by atoms with E-state index in [2.05, 4.69) is 15.5 Å². The van der Waals surface area contributed by atoms with Gasteiger partial charge >= 0.3 is 0 Å². The number of thioether (sulfide) groups is 1. The zero-order valence-corrected chi connectivity index (χ0v) is 14.7. The molecule has 1 aromatic carbocycles. The second kappa shape index (κ2) is 6.93. The maximum Gasteiger partial charge on any atom is 0.230 e. The zero-order valence-electron chi connectivity index (χ0n) is 13.1. The third-order valence-electron chi connectivity index (χ3n) is 3.89. The van der Waals surface area contributed by atoms with Crippen LogP contribution in [0.25, 0.3) is 0 Å². The summed E-state index contributed by atoms with van der Waals surface area (Å²) in [5.41, 5.74) is 0.919. The van der Waals surface area contributed by atoms with Crippen molar-refractivity contribution in [3.63, 3.8) is 0 Å². The van der Waals surface area contributed by atoms with Gasteiger partial charge in [-0.05, 0) is 31.4 Å². The number of benzene rings is 1.